The minimum atomic E-state index is -4.69. The Labute approximate surface area is 138 Å². The van der Waals surface area contributed by atoms with Gasteiger partial charge in [0.2, 0.25) is 5.91 Å². The van der Waals surface area contributed by atoms with Crippen molar-refractivity contribution in [1.29, 1.82) is 0 Å². The maximum Gasteiger partial charge on any atom is 0.222 e. The maximum atomic E-state index is 12.1. The Morgan fingerprint density at radius 3 is 2.39 bits per heavy atom. The lowest BCUT2D eigenvalue weighted by Crippen LogP contribution is -2.64. The number of rotatable bonds is 0. The van der Waals surface area contributed by atoms with E-state index in [4.69, 9.17) is 18.6 Å². The van der Waals surface area contributed by atoms with Gasteiger partial charge in [-0.05, 0) is 50.5 Å². The maximum absolute atomic E-state index is 12.1. The number of hydrogen-bond donors (Lipinski definition) is 1. The molecule has 4 aliphatic rings. The molecule has 0 aromatic rings. The highest BCUT2D eigenvalue weighted by molar-refractivity contribution is 5.77. The summed E-state index contributed by atoms with van der Waals surface area (Å²) >= 11 is 0. The Morgan fingerprint density at radius 1 is 1.00 bits per heavy atom. The summed E-state index contributed by atoms with van der Waals surface area (Å²) in [5.41, 5.74) is 0. The number of fused-ring (bicyclic) bond motifs is 6. The quantitative estimate of drug-likeness (QED) is 0.529. The van der Waals surface area contributed by atoms with Crippen LogP contribution in [0.15, 0.2) is 0 Å². The molecule has 1 amide bonds. The van der Waals surface area contributed by atoms with Gasteiger partial charge in [0.15, 0.2) is 0 Å². The summed E-state index contributed by atoms with van der Waals surface area (Å²) in [6.07, 6.45) is 8.78. The summed E-state index contributed by atoms with van der Waals surface area (Å²) < 4.78 is 32.7. The van der Waals surface area contributed by atoms with Crippen LogP contribution in [-0.4, -0.2) is 52.1 Å². The summed E-state index contributed by atoms with van der Waals surface area (Å²) in [6.45, 7) is 3.66. The number of carbonyl (C=O) groups excluding carboxylic acids is 1. The fourth-order valence-electron chi connectivity index (χ4n) is 5.10. The third kappa shape index (κ3) is 4.15. The lowest BCUT2D eigenvalue weighted by molar-refractivity contribution is -1.92. The zero-order chi connectivity index (χ0) is 16.6. The first-order valence-corrected chi connectivity index (χ1v) is 9.76. The van der Waals surface area contributed by atoms with Crippen molar-refractivity contribution in [3.63, 3.8) is 0 Å². The van der Waals surface area contributed by atoms with Crippen LogP contribution in [0.5, 0.6) is 0 Å². The minimum absolute atomic E-state index is 0.449. The molecule has 0 radical (unpaired) electrons. The molecule has 2 bridgehead atoms. The molecule has 7 nitrogen and oxygen atoms in total. The molecule has 0 aromatic heterocycles. The van der Waals surface area contributed by atoms with Gasteiger partial charge in [-0.2, -0.15) is 14.0 Å². The third-order valence-corrected chi connectivity index (χ3v) is 5.87. The van der Waals surface area contributed by atoms with Gasteiger partial charge in [-0.15, -0.1) is 0 Å². The summed E-state index contributed by atoms with van der Waals surface area (Å²) in [5.74, 6) is 2.01. The van der Waals surface area contributed by atoms with Crippen LogP contribution in [0.1, 0.15) is 44.9 Å². The van der Waals surface area contributed by atoms with Crippen LogP contribution >= 0.6 is 0 Å². The number of nitrogens with zero attached hydrogens (tertiary/aromatic N) is 2. The molecule has 0 saturated carbocycles. The molecule has 4 aliphatic heterocycles. The molecule has 4 heterocycles. The highest BCUT2D eigenvalue weighted by Gasteiger charge is 2.47. The van der Waals surface area contributed by atoms with E-state index in [1.165, 1.54) is 45.2 Å². The second-order valence-electron chi connectivity index (χ2n) is 7.22. The second kappa shape index (κ2) is 6.82. The molecule has 132 valence electrons. The smallest absolute Gasteiger partial charge is 0.222 e. The lowest BCUT2D eigenvalue weighted by atomic mass is 9.71. The molecule has 0 unspecified atom stereocenters. The molecule has 4 fully saturated rings. The normalized spacial score (nSPS) is 37.4. The zero-order valence-corrected chi connectivity index (χ0v) is 14.0. The molecule has 0 spiro atoms. The third-order valence-electron chi connectivity index (χ3n) is 5.87. The Balaban J connectivity index is 0.000000276. The minimum Gasteiger partial charge on any atom is -0.339 e. The first-order chi connectivity index (χ1) is 10.8. The Hall–Kier alpha value is -0.440. The van der Waals surface area contributed by atoms with Crippen LogP contribution in [-0.2, 0) is 4.79 Å². The predicted octanol–water partition coefficient (Wildman–Crippen LogP) is -2.25. The molecule has 23 heavy (non-hydrogen) atoms. The molecule has 0 aromatic carbocycles. The van der Waals surface area contributed by atoms with Crippen molar-refractivity contribution in [1.82, 2.24) is 9.80 Å². The van der Waals surface area contributed by atoms with Gasteiger partial charge in [0.05, 0.1) is 14.9 Å². The van der Waals surface area contributed by atoms with Crippen LogP contribution in [0.2, 0.25) is 0 Å². The largest absolute Gasteiger partial charge is 0.339 e. The van der Waals surface area contributed by atoms with E-state index in [-0.39, 0.29) is 0 Å². The van der Waals surface area contributed by atoms with Gasteiger partial charge in [-0.3, -0.25) is 9.69 Å². The van der Waals surface area contributed by atoms with Crippen molar-refractivity contribution >= 4 is 5.91 Å². The Kier molecular flexibility index (Phi) is 5.15. The van der Waals surface area contributed by atoms with E-state index in [2.05, 4.69) is 9.80 Å². The predicted molar refractivity (Wildman–Crippen MR) is 72.4 cm³/mol. The number of hydrogen-bond acceptors (Lipinski definition) is 6. The molecular formula is C15H25ClN2O5. The number of piperidine rings is 4. The summed E-state index contributed by atoms with van der Waals surface area (Å²) in [5, 5.41) is 0. The van der Waals surface area contributed by atoms with Crippen molar-refractivity contribution in [2.24, 2.45) is 11.8 Å². The van der Waals surface area contributed by atoms with Crippen molar-refractivity contribution in [2.45, 2.75) is 57.0 Å². The lowest BCUT2D eigenvalue weighted by Gasteiger charge is -2.56. The van der Waals surface area contributed by atoms with Crippen LogP contribution < -0.4 is 14.0 Å². The van der Waals surface area contributed by atoms with E-state index in [0.717, 1.165) is 37.3 Å². The number of carbonyl (C=O) groups is 1. The van der Waals surface area contributed by atoms with Gasteiger partial charge in [-0.1, -0.05) is 6.42 Å². The molecule has 4 atom stereocenters. The average molecular weight is 349 g/mol. The van der Waals surface area contributed by atoms with Gasteiger partial charge in [0.25, 0.3) is 0 Å². The van der Waals surface area contributed by atoms with E-state index in [0.29, 0.717) is 11.9 Å². The molecule has 4 saturated heterocycles. The highest BCUT2D eigenvalue weighted by atomic mass is 35.7. The van der Waals surface area contributed by atoms with E-state index < -0.39 is 10.2 Å². The Bertz CT molecular complexity index is 438. The van der Waals surface area contributed by atoms with E-state index in [9.17, 15) is 4.79 Å². The number of halogens is 1. The summed E-state index contributed by atoms with van der Waals surface area (Å²) in [7, 11) is -4.69. The van der Waals surface area contributed by atoms with Gasteiger partial charge in [0, 0.05) is 31.6 Å². The first-order valence-electron chi connectivity index (χ1n) is 8.49. The number of amides is 1. The van der Waals surface area contributed by atoms with Crippen molar-refractivity contribution in [2.75, 3.05) is 19.6 Å². The molecule has 8 heteroatoms. The van der Waals surface area contributed by atoms with E-state index >= 15 is 0 Å². The van der Waals surface area contributed by atoms with Gasteiger partial charge in [-0.25, -0.2) is 0 Å². The topological polar surface area (TPSA) is 113 Å². The van der Waals surface area contributed by atoms with Crippen molar-refractivity contribution in [3.8, 4) is 0 Å². The fourth-order valence-corrected chi connectivity index (χ4v) is 5.10. The van der Waals surface area contributed by atoms with Gasteiger partial charge < -0.3 is 4.90 Å². The SMILES string of the molecule is O=C1CCC[C@@H]2[C@H]3C[C@H](CN12)[C@@H]1CCCCN1C3.[O-][Cl+3]([O-])([O-])O. The fraction of sp³-hybridized carbons (Fsp3) is 0.933. The molecule has 4 rings (SSSR count). The monoisotopic (exact) mass is 348 g/mol. The summed E-state index contributed by atoms with van der Waals surface area (Å²) in [6, 6.07) is 1.39. The van der Waals surface area contributed by atoms with E-state index in [1.807, 2.05) is 0 Å². The average Bonchev–Trinajstić information content (AvgIpc) is 2.47. The van der Waals surface area contributed by atoms with Crippen LogP contribution in [0, 0.1) is 22.1 Å². The summed E-state index contributed by atoms with van der Waals surface area (Å²) in [4.78, 5) is 17.2. The second-order valence-corrected chi connectivity index (χ2v) is 8.01. The van der Waals surface area contributed by atoms with E-state index in [1.54, 1.807) is 0 Å². The Morgan fingerprint density at radius 2 is 1.65 bits per heavy atom. The molecule has 1 N–H and O–H groups in total. The molecule has 0 aliphatic carbocycles. The molecular weight excluding hydrogens is 324 g/mol. The standard InChI is InChI=1S/C15H24N2O.ClHO4/c18-15-6-3-5-14-11-8-12(10-17(14)15)13-4-1-2-7-16(13)9-11;2-1(3,4)5/h11-14H,1-10H2;(H,2,3,4,5)/t11-,12+,13-,14+;/m0./s1. The highest BCUT2D eigenvalue weighted by Crippen LogP contribution is 2.42. The first kappa shape index (κ1) is 17.4. The zero-order valence-electron chi connectivity index (χ0n) is 13.2. The van der Waals surface area contributed by atoms with Crippen molar-refractivity contribution in [3.05, 3.63) is 0 Å². The van der Waals surface area contributed by atoms with Crippen LogP contribution in [0.4, 0.5) is 0 Å². The van der Waals surface area contributed by atoms with Crippen LogP contribution in [0.3, 0.4) is 0 Å². The van der Waals surface area contributed by atoms with Gasteiger partial charge in [0.1, 0.15) is 0 Å². The van der Waals surface area contributed by atoms with Crippen molar-refractivity contribution < 1.29 is 33.7 Å². The van der Waals surface area contributed by atoms with Crippen LogP contribution in [0.25, 0.3) is 0 Å². The van der Waals surface area contributed by atoms with Gasteiger partial charge >= 0.3 is 0 Å².